The number of likely N-dealkylation sites (N-methyl/N-ethyl adjacent to an activating group) is 1. The van der Waals surface area contributed by atoms with Gasteiger partial charge >= 0.3 is 0 Å². The van der Waals surface area contributed by atoms with E-state index < -0.39 is 0 Å². The summed E-state index contributed by atoms with van der Waals surface area (Å²) < 4.78 is 0. The summed E-state index contributed by atoms with van der Waals surface area (Å²) in [6.07, 6.45) is 3.49. The maximum atomic E-state index is 10.8. The topological polar surface area (TPSA) is 20.3 Å². The van der Waals surface area contributed by atoms with Crippen LogP contribution in [0.4, 0.5) is 0 Å². The molecule has 1 rings (SSSR count). The molecule has 1 aliphatic heterocycles. The first-order chi connectivity index (χ1) is 6.63. The van der Waals surface area contributed by atoms with Crippen LogP contribution in [0, 0.1) is 0 Å². The van der Waals surface area contributed by atoms with E-state index in [2.05, 4.69) is 18.7 Å². The highest BCUT2D eigenvalue weighted by atomic mass is 16.1. The Balaban J connectivity index is 0. The summed E-state index contributed by atoms with van der Waals surface area (Å²) in [5.41, 5.74) is 0. The Morgan fingerprint density at radius 2 is 1.79 bits per heavy atom. The molecule has 0 radical (unpaired) electrons. The molecule has 1 unspecified atom stereocenters. The van der Waals surface area contributed by atoms with Crippen LogP contribution in [0.5, 0.6) is 0 Å². The highest BCUT2D eigenvalue weighted by Gasteiger charge is 2.23. The Labute approximate surface area is 89.7 Å². The second-order valence-electron chi connectivity index (χ2n) is 3.46. The number of Topliss-reactive ketones (excluding diaryl/α,β-unsaturated/α-hetero) is 1. The number of rotatable bonds is 1. The van der Waals surface area contributed by atoms with Crippen molar-refractivity contribution in [3.05, 3.63) is 0 Å². The van der Waals surface area contributed by atoms with Crippen LogP contribution < -0.4 is 0 Å². The van der Waals surface area contributed by atoms with Crippen molar-refractivity contribution in [2.24, 2.45) is 0 Å². The molecule has 1 atom stereocenters. The first-order valence-electron chi connectivity index (χ1n) is 5.84. The zero-order chi connectivity index (χ0) is 11.6. The molecule has 0 spiro atoms. The first kappa shape index (κ1) is 16.1. The van der Waals surface area contributed by atoms with Crippen molar-refractivity contribution >= 4 is 5.78 Å². The van der Waals surface area contributed by atoms with Gasteiger partial charge in [0.05, 0.1) is 6.04 Å². The molecule has 0 aliphatic carbocycles. The van der Waals surface area contributed by atoms with Crippen LogP contribution >= 0.6 is 0 Å². The number of ketones is 1. The van der Waals surface area contributed by atoms with Crippen LogP contribution in [0.1, 0.15) is 53.9 Å². The van der Waals surface area contributed by atoms with Crippen molar-refractivity contribution < 1.29 is 4.79 Å². The van der Waals surface area contributed by atoms with Crippen molar-refractivity contribution in [1.29, 1.82) is 0 Å². The minimum atomic E-state index is 0.227. The summed E-state index contributed by atoms with van der Waals surface area (Å²) in [5, 5.41) is 0. The van der Waals surface area contributed by atoms with E-state index in [-0.39, 0.29) is 6.04 Å². The van der Waals surface area contributed by atoms with Crippen LogP contribution in [0.2, 0.25) is 0 Å². The highest BCUT2D eigenvalue weighted by molar-refractivity contribution is 5.81. The number of carbonyl (C=O) groups excluding carboxylic acids is 1. The predicted molar refractivity (Wildman–Crippen MR) is 63.6 cm³/mol. The van der Waals surface area contributed by atoms with Gasteiger partial charge in [0.25, 0.3) is 0 Å². The fraction of sp³-hybridized carbons (Fsp3) is 0.917. The molecule has 0 aromatic rings. The predicted octanol–water partition coefficient (Wildman–Crippen LogP) is 3.11. The van der Waals surface area contributed by atoms with E-state index in [9.17, 15) is 4.79 Å². The fourth-order valence-corrected chi connectivity index (χ4v) is 1.42. The lowest BCUT2D eigenvalue weighted by Crippen LogP contribution is -2.30. The molecule has 1 aliphatic rings. The van der Waals surface area contributed by atoms with Crippen LogP contribution in [-0.4, -0.2) is 30.3 Å². The molecule has 1 heterocycles. The smallest absolute Gasteiger partial charge is 0.146 e. The summed E-state index contributed by atoms with van der Waals surface area (Å²) in [6.45, 7) is 11.0. The second kappa shape index (κ2) is 10.7. The quantitative estimate of drug-likeness (QED) is 0.649. The van der Waals surface area contributed by atoms with Crippen LogP contribution in [0.25, 0.3) is 0 Å². The highest BCUT2D eigenvalue weighted by Crippen LogP contribution is 2.14. The van der Waals surface area contributed by atoms with Gasteiger partial charge in [-0.25, -0.2) is 0 Å². The van der Waals surface area contributed by atoms with E-state index in [4.69, 9.17) is 0 Å². The van der Waals surface area contributed by atoms with Gasteiger partial charge in [-0.15, -0.1) is 0 Å². The van der Waals surface area contributed by atoms with Gasteiger partial charge in [-0.3, -0.25) is 9.69 Å². The molecule has 0 N–H and O–H groups in total. The van der Waals surface area contributed by atoms with Gasteiger partial charge in [0, 0.05) is 0 Å². The number of hydrogen-bond donors (Lipinski definition) is 0. The van der Waals surface area contributed by atoms with E-state index in [1.54, 1.807) is 6.92 Å². The number of nitrogens with zero attached hydrogens (tertiary/aromatic N) is 1. The van der Waals surface area contributed by atoms with Crippen molar-refractivity contribution in [1.82, 2.24) is 4.90 Å². The van der Waals surface area contributed by atoms with Gasteiger partial charge in [-0.2, -0.15) is 0 Å². The minimum Gasteiger partial charge on any atom is -0.298 e. The maximum absolute atomic E-state index is 10.8. The summed E-state index contributed by atoms with van der Waals surface area (Å²) >= 11 is 0. The number of likely N-dealkylation sites (tertiary alicyclic amines) is 1. The first-order valence-corrected chi connectivity index (χ1v) is 5.84. The lowest BCUT2D eigenvalue weighted by Gasteiger charge is -2.14. The molecule has 0 bridgehead atoms. The number of carbonyl (C=O) groups is 1. The minimum absolute atomic E-state index is 0.227. The average Bonchev–Trinajstić information content (AvgIpc) is 2.56. The molecule has 86 valence electrons. The lowest BCUT2D eigenvalue weighted by atomic mass is 10.1. The van der Waals surface area contributed by atoms with Gasteiger partial charge in [-0.1, -0.05) is 34.1 Å². The van der Waals surface area contributed by atoms with E-state index in [1.807, 2.05) is 20.9 Å². The van der Waals surface area contributed by atoms with E-state index >= 15 is 0 Å². The average molecular weight is 201 g/mol. The van der Waals surface area contributed by atoms with Gasteiger partial charge in [-0.05, 0) is 33.4 Å². The van der Waals surface area contributed by atoms with Crippen LogP contribution in [0.3, 0.4) is 0 Å². The molecule has 0 aromatic heterocycles. The Bertz CT molecular complexity index is 134. The summed E-state index contributed by atoms with van der Waals surface area (Å²) in [4.78, 5) is 12.9. The van der Waals surface area contributed by atoms with Gasteiger partial charge in [0.2, 0.25) is 0 Å². The monoisotopic (exact) mass is 201 g/mol. The second-order valence-corrected chi connectivity index (χ2v) is 3.46. The molecule has 2 heteroatoms. The zero-order valence-corrected chi connectivity index (χ0v) is 10.8. The SMILES string of the molecule is CC.CC(=O)C1CCCN1C.CCC. The zero-order valence-electron chi connectivity index (χ0n) is 10.8. The van der Waals surface area contributed by atoms with Gasteiger partial charge in [0.15, 0.2) is 0 Å². The van der Waals surface area contributed by atoms with E-state index in [1.165, 1.54) is 12.8 Å². The molecule has 1 saturated heterocycles. The fourth-order valence-electron chi connectivity index (χ4n) is 1.42. The normalized spacial score (nSPS) is 20.3. The largest absolute Gasteiger partial charge is 0.298 e. The third kappa shape index (κ3) is 7.07. The molecule has 0 amide bonds. The van der Waals surface area contributed by atoms with Crippen LogP contribution in [0.15, 0.2) is 0 Å². The molecule has 0 aromatic carbocycles. The van der Waals surface area contributed by atoms with E-state index in [0.717, 1.165) is 13.0 Å². The molecule has 0 saturated carbocycles. The Hall–Kier alpha value is -0.370. The third-order valence-corrected chi connectivity index (χ3v) is 1.99. The number of hydrogen-bond acceptors (Lipinski definition) is 2. The summed E-state index contributed by atoms with van der Waals surface area (Å²) in [7, 11) is 2.01. The molecule has 2 nitrogen and oxygen atoms in total. The standard InChI is InChI=1S/C7H13NO.C3H8.C2H6/c1-6(9)7-4-3-5-8(7)2;1-3-2;1-2/h7H,3-5H2,1-2H3;3H2,1-2H3;1-2H3. The Morgan fingerprint density at radius 1 is 1.36 bits per heavy atom. The van der Waals surface area contributed by atoms with Crippen molar-refractivity contribution in [2.45, 2.75) is 59.9 Å². The molecular weight excluding hydrogens is 174 g/mol. The van der Waals surface area contributed by atoms with Gasteiger partial charge < -0.3 is 0 Å². The van der Waals surface area contributed by atoms with Crippen LogP contribution in [-0.2, 0) is 4.79 Å². The summed E-state index contributed by atoms with van der Waals surface area (Å²) in [6, 6.07) is 0.227. The van der Waals surface area contributed by atoms with Gasteiger partial charge in [0.1, 0.15) is 5.78 Å². The Morgan fingerprint density at radius 3 is 1.93 bits per heavy atom. The molecule has 1 fully saturated rings. The van der Waals surface area contributed by atoms with Crippen molar-refractivity contribution in [3.8, 4) is 0 Å². The van der Waals surface area contributed by atoms with E-state index in [0.29, 0.717) is 5.78 Å². The lowest BCUT2D eigenvalue weighted by molar-refractivity contribution is -0.120. The van der Waals surface area contributed by atoms with Crippen molar-refractivity contribution in [2.75, 3.05) is 13.6 Å². The third-order valence-electron chi connectivity index (χ3n) is 1.99. The molecular formula is C12H27NO. The Kier molecular flexibility index (Phi) is 12.3. The summed E-state index contributed by atoms with van der Waals surface area (Å²) in [5.74, 6) is 0.315. The maximum Gasteiger partial charge on any atom is 0.146 e. The molecule has 14 heavy (non-hydrogen) atoms. The van der Waals surface area contributed by atoms with Crippen molar-refractivity contribution in [3.63, 3.8) is 0 Å².